The van der Waals surface area contributed by atoms with Crippen molar-refractivity contribution < 1.29 is 4.39 Å². The lowest BCUT2D eigenvalue weighted by Gasteiger charge is -2.11. The molecular weight excluding hydrogens is 189 g/mol. The van der Waals surface area contributed by atoms with Crippen LogP contribution in [0.4, 0.5) is 4.39 Å². The van der Waals surface area contributed by atoms with E-state index in [1.807, 2.05) is 12.1 Å². The smallest absolute Gasteiger partial charge is 0.119 e. The highest BCUT2D eigenvalue weighted by Crippen LogP contribution is 2.12. The molecule has 1 aromatic carbocycles. The molecule has 0 spiro atoms. The number of nitrogens with two attached hydrogens (primary N) is 1. The molecule has 1 rings (SSSR count). The predicted molar refractivity (Wildman–Crippen MR) is 53.7 cm³/mol. The Morgan fingerprint density at radius 3 is 2.38 bits per heavy atom. The fraction of sp³-hybridized carbons (Fsp3) is 0.400. The monoisotopic (exact) mass is 201 g/mol. The standard InChI is InChI=1S/C10H13ClFN/c1-7(13)10(12)6-8-2-4-9(11)5-3-8/h2-5,7,10H,6,13H2,1H3. The Labute approximate surface area is 82.7 Å². The number of alkyl halides is 1. The number of hydrogen-bond acceptors (Lipinski definition) is 1. The molecule has 1 aromatic rings. The quantitative estimate of drug-likeness (QED) is 0.799. The molecule has 72 valence electrons. The van der Waals surface area contributed by atoms with Crippen molar-refractivity contribution >= 4 is 11.6 Å². The third-order valence-corrected chi connectivity index (χ3v) is 2.17. The van der Waals surface area contributed by atoms with Gasteiger partial charge in [0.25, 0.3) is 0 Å². The van der Waals surface area contributed by atoms with E-state index in [4.69, 9.17) is 17.3 Å². The molecule has 0 bridgehead atoms. The Morgan fingerprint density at radius 2 is 1.92 bits per heavy atom. The minimum Gasteiger partial charge on any atom is -0.325 e. The molecule has 1 nitrogen and oxygen atoms in total. The van der Waals surface area contributed by atoms with Crippen molar-refractivity contribution in [1.82, 2.24) is 0 Å². The van der Waals surface area contributed by atoms with E-state index in [0.29, 0.717) is 11.4 Å². The maximum absolute atomic E-state index is 13.2. The topological polar surface area (TPSA) is 26.0 Å². The Balaban J connectivity index is 2.59. The summed E-state index contributed by atoms with van der Waals surface area (Å²) in [5.74, 6) is 0. The van der Waals surface area contributed by atoms with Crippen LogP contribution in [0.5, 0.6) is 0 Å². The molecule has 0 aliphatic carbocycles. The molecule has 2 N–H and O–H groups in total. The van der Waals surface area contributed by atoms with Crippen molar-refractivity contribution in [1.29, 1.82) is 0 Å². The summed E-state index contributed by atoms with van der Waals surface area (Å²) < 4.78 is 13.2. The van der Waals surface area contributed by atoms with Crippen LogP contribution in [0.3, 0.4) is 0 Å². The molecule has 0 fully saturated rings. The molecule has 0 saturated heterocycles. The fourth-order valence-corrected chi connectivity index (χ4v) is 1.16. The highest BCUT2D eigenvalue weighted by atomic mass is 35.5. The second-order valence-electron chi connectivity index (χ2n) is 3.21. The maximum Gasteiger partial charge on any atom is 0.119 e. The molecule has 2 unspecified atom stereocenters. The van der Waals surface area contributed by atoms with Crippen molar-refractivity contribution in [2.45, 2.75) is 25.6 Å². The Bertz CT molecular complexity index is 258. The van der Waals surface area contributed by atoms with Crippen LogP contribution >= 0.6 is 11.6 Å². The van der Waals surface area contributed by atoms with Gasteiger partial charge in [0, 0.05) is 17.5 Å². The zero-order valence-electron chi connectivity index (χ0n) is 7.50. The third-order valence-electron chi connectivity index (χ3n) is 1.91. The minimum absolute atomic E-state index is 0.356. The van der Waals surface area contributed by atoms with Crippen LogP contribution in [0.1, 0.15) is 12.5 Å². The maximum atomic E-state index is 13.2. The van der Waals surface area contributed by atoms with Gasteiger partial charge in [-0.25, -0.2) is 4.39 Å². The molecule has 0 aromatic heterocycles. The molecule has 0 heterocycles. The molecule has 0 aliphatic rings. The summed E-state index contributed by atoms with van der Waals surface area (Å²) in [6.07, 6.45) is -0.629. The van der Waals surface area contributed by atoms with E-state index in [-0.39, 0.29) is 0 Å². The molecule has 3 heteroatoms. The molecule has 13 heavy (non-hydrogen) atoms. The van der Waals surface area contributed by atoms with E-state index in [1.165, 1.54) is 0 Å². The minimum atomic E-state index is -0.985. The van der Waals surface area contributed by atoms with Gasteiger partial charge in [-0.2, -0.15) is 0 Å². The van der Waals surface area contributed by atoms with Crippen molar-refractivity contribution in [3.8, 4) is 0 Å². The predicted octanol–water partition coefficient (Wildman–Crippen LogP) is 2.57. The van der Waals surface area contributed by atoms with Gasteiger partial charge in [0.15, 0.2) is 0 Å². The lowest BCUT2D eigenvalue weighted by Crippen LogP contribution is -2.29. The second-order valence-corrected chi connectivity index (χ2v) is 3.64. The first-order chi connectivity index (χ1) is 6.09. The molecule has 2 atom stereocenters. The van der Waals surface area contributed by atoms with E-state index in [1.54, 1.807) is 19.1 Å². The largest absolute Gasteiger partial charge is 0.325 e. The van der Waals surface area contributed by atoms with Gasteiger partial charge < -0.3 is 5.73 Å². The number of rotatable bonds is 3. The lowest BCUT2D eigenvalue weighted by atomic mass is 10.1. The summed E-state index contributed by atoms with van der Waals surface area (Å²) >= 11 is 5.69. The normalized spacial score (nSPS) is 15.4. The Hall–Kier alpha value is -0.600. The van der Waals surface area contributed by atoms with Crippen molar-refractivity contribution in [3.63, 3.8) is 0 Å². The van der Waals surface area contributed by atoms with Gasteiger partial charge in [0.2, 0.25) is 0 Å². The average molecular weight is 202 g/mol. The van der Waals surface area contributed by atoms with Crippen molar-refractivity contribution in [2.75, 3.05) is 0 Å². The van der Waals surface area contributed by atoms with E-state index in [2.05, 4.69) is 0 Å². The molecular formula is C10H13ClFN. The van der Waals surface area contributed by atoms with E-state index < -0.39 is 12.2 Å². The highest BCUT2D eigenvalue weighted by molar-refractivity contribution is 6.30. The zero-order chi connectivity index (χ0) is 9.84. The van der Waals surface area contributed by atoms with Gasteiger partial charge in [-0.15, -0.1) is 0 Å². The number of benzene rings is 1. The van der Waals surface area contributed by atoms with E-state index >= 15 is 0 Å². The van der Waals surface area contributed by atoms with Crippen molar-refractivity contribution in [3.05, 3.63) is 34.9 Å². The van der Waals surface area contributed by atoms with Crippen LogP contribution in [0, 0.1) is 0 Å². The summed E-state index contributed by atoms with van der Waals surface area (Å²) in [6, 6.07) is 6.72. The van der Waals surface area contributed by atoms with Gasteiger partial charge in [0.1, 0.15) is 6.17 Å². The van der Waals surface area contributed by atoms with Crippen molar-refractivity contribution in [2.24, 2.45) is 5.73 Å². The first kappa shape index (κ1) is 10.5. The second kappa shape index (κ2) is 4.58. The Kier molecular flexibility index (Phi) is 3.70. The van der Waals surface area contributed by atoms with E-state index in [0.717, 1.165) is 5.56 Å². The molecule has 0 amide bonds. The summed E-state index contributed by atoms with van der Waals surface area (Å²) in [5, 5.41) is 0.667. The van der Waals surface area contributed by atoms with Gasteiger partial charge in [-0.3, -0.25) is 0 Å². The summed E-state index contributed by atoms with van der Waals surface area (Å²) in [4.78, 5) is 0. The molecule has 0 saturated carbocycles. The van der Waals surface area contributed by atoms with Gasteiger partial charge in [-0.1, -0.05) is 23.7 Å². The summed E-state index contributed by atoms with van der Waals surface area (Å²) in [5.41, 5.74) is 6.34. The zero-order valence-corrected chi connectivity index (χ0v) is 8.26. The highest BCUT2D eigenvalue weighted by Gasteiger charge is 2.11. The summed E-state index contributed by atoms with van der Waals surface area (Å²) in [6.45, 7) is 1.67. The van der Waals surface area contributed by atoms with Gasteiger partial charge in [-0.05, 0) is 24.6 Å². The van der Waals surface area contributed by atoms with Crippen LogP contribution in [-0.2, 0) is 6.42 Å². The van der Waals surface area contributed by atoms with Gasteiger partial charge in [0.05, 0.1) is 0 Å². The first-order valence-corrected chi connectivity index (χ1v) is 4.61. The van der Waals surface area contributed by atoms with Gasteiger partial charge >= 0.3 is 0 Å². The number of hydrogen-bond donors (Lipinski definition) is 1. The fourth-order valence-electron chi connectivity index (χ4n) is 1.03. The summed E-state index contributed by atoms with van der Waals surface area (Å²) in [7, 11) is 0. The molecule has 0 radical (unpaired) electrons. The Morgan fingerprint density at radius 1 is 1.38 bits per heavy atom. The van der Waals surface area contributed by atoms with Crippen LogP contribution in [0.25, 0.3) is 0 Å². The molecule has 0 aliphatic heterocycles. The SMILES string of the molecule is CC(N)C(F)Cc1ccc(Cl)cc1. The number of halogens is 2. The first-order valence-electron chi connectivity index (χ1n) is 4.23. The van der Waals surface area contributed by atoms with Crippen LogP contribution < -0.4 is 5.73 Å². The lowest BCUT2D eigenvalue weighted by molar-refractivity contribution is 0.290. The van der Waals surface area contributed by atoms with Crippen LogP contribution in [0.15, 0.2) is 24.3 Å². The van der Waals surface area contributed by atoms with E-state index in [9.17, 15) is 4.39 Å². The van der Waals surface area contributed by atoms with Crippen LogP contribution in [-0.4, -0.2) is 12.2 Å². The third kappa shape index (κ3) is 3.33. The van der Waals surface area contributed by atoms with Crippen LogP contribution in [0.2, 0.25) is 5.02 Å². The average Bonchev–Trinajstić information content (AvgIpc) is 2.08.